The molecule has 1 nitrogen and oxygen atoms in total. The predicted molar refractivity (Wildman–Crippen MR) is 65.6 cm³/mol. The van der Waals surface area contributed by atoms with Crippen LogP contribution in [0, 0.1) is 11.6 Å². The number of hydrogen-bond donors (Lipinski definition) is 0. The van der Waals surface area contributed by atoms with E-state index >= 15 is 0 Å². The van der Waals surface area contributed by atoms with Crippen molar-refractivity contribution in [3.05, 3.63) is 70.8 Å². The quantitative estimate of drug-likeness (QED) is 0.754. The molecule has 0 heterocycles. The van der Waals surface area contributed by atoms with Gasteiger partial charge in [-0.3, -0.25) is 4.79 Å². The van der Waals surface area contributed by atoms with Gasteiger partial charge in [0.1, 0.15) is 11.6 Å². The van der Waals surface area contributed by atoms with Gasteiger partial charge in [-0.2, -0.15) is 0 Å². The van der Waals surface area contributed by atoms with Gasteiger partial charge < -0.3 is 0 Å². The third-order valence-electron chi connectivity index (χ3n) is 2.78. The van der Waals surface area contributed by atoms with Gasteiger partial charge in [-0.25, -0.2) is 8.78 Å². The zero-order valence-electron chi connectivity index (χ0n) is 9.91. The third-order valence-corrected chi connectivity index (χ3v) is 2.78. The van der Waals surface area contributed by atoms with Gasteiger partial charge in [-0.15, -0.1) is 0 Å². The predicted octanol–water partition coefficient (Wildman–Crippen LogP) is 3.76. The zero-order valence-corrected chi connectivity index (χ0v) is 9.91. The normalized spacial score (nSPS) is 10.4. The number of carbonyl (C=O) groups is 1. The molecule has 3 heteroatoms. The number of Topliss-reactive ketones (excluding diaryl/α,β-unsaturated/α-hetero) is 1. The van der Waals surface area contributed by atoms with Gasteiger partial charge in [0.25, 0.3) is 0 Å². The van der Waals surface area contributed by atoms with Crippen LogP contribution in [0.15, 0.2) is 42.5 Å². The van der Waals surface area contributed by atoms with E-state index < -0.39 is 11.6 Å². The van der Waals surface area contributed by atoms with Crippen molar-refractivity contribution in [2.75, 3.05) is 0 Å². The van der Waals surface area contributed by atoms with Crippen molar-refractivity contribution < 1.29 is 13.6 Å². The second kappa shape index (κ2) is 5.08. The maximum absolute atomic E-state index is 13.5. The summed E-state index contributed by atoms with van der Waals surface area (Å²) in [4.78, 5) is 11.2. The molecule has 0 unspecified atom stereocenters. The average molecular weight is 246 g/mol. The Bertz CT molecular complexity index is 571. The first-order valence-electron chi connectivity index (χ1n) is 5.60. The minimum atomic E-state index is -0.566. The highest BCUT2D eigenvalue weighted by Gasteiger charge is 2.09. The average Bonchev–Trinajstić information content (AvgIpc) is 2.34. The highest BCUT2D eigenvalue weighted by Crippen LogP contribution is 2.17. The Balaban J connectivity index is 2.34. The van der Waals surface area contributed by atoms with Crippen LogP contribution in [-0.4, -0.2) is 5.78 Å². The molecule has 0 aromatic heterocycles. The molecule has 92 valence electrons. The Hall–Kier alpha value is -2.03. The molecule has 0 aliphatic heterocycles. The van der Waals surface area contributed by atoms with Crippen molar-refractivity contribution in [3.63, 3.8) is 0 Å². The molecule has 0 amide bonds. The molecular formula is C15H12F2O. The maximum atomic E-state index is 13.5. The van der Waals surface area contributed by atoms with Crippen LogP contribution in [0.4, 0.5) is 8.78 Å². The van der Waals surface area contributed by atoms with Crippen molar-refractivity contribution in [3.8, 4) is 0 Å². The van der Waals surface area contributed by atoms with E-state index in [-0.39, 0.29) is 17.8 Å². The molecule has 0 bridgehead atoms. The van der Waals surface area contributed by atoms with Crippen LogP contribution in [0.25, 0.3) is 0 Å². The third kappa shape index (κ3) is 2.62. The second-order valence-electron chi connectivity index (χ2n) is 4.13. The van der Waals surface area contributed by atoms with Crippen molar-refractivity contribution in [1.82, 2.24) is 0 Å². The lowest BCUT2D eigenvalue weighted by atomic mass is 10.0. The largest absolute Gasteiger partial charge is 0.295 e. The number of carbonyl (C=O) groups excluding carboxylic acids is 1. The van der Waals surface area contributed by atoms with E-state index in [1.54, 1.807) is 24.3 Å². The van der Waals surface area contributed by atoms with Crippen LogP contribution in [-0.2, 0) is 6.42 Å². The van der Waals surface area contributed by atoms with Crippen molar-refractivity contribution in [1.29, 1.82) is 0 Å². The molecule has 2 rings (SSSR count). The lowest BCUT2D eigenvalue weighted by Gasteiger charge is -2.06. The number of halogens is 2. The van der Waals surface area contributed by atoms with E-state index in [0.29, 0.717) is 11.1 Å². The summed E-state index contributed by atoms with van der Waals surface area (Å²) >= 11 is 0. The molecule has 0 fully saturated rings. The highest BCUT2D eigenvalue weighted by atomic mass is 19.1. The van der Waals surface area contributed by atoms with Crippen LogP contribution in [0.3, 0.4) is 0 Å². The number of benzene rings is 2. The summed E-state index contributed by atoms with van der Waals surface area (Å²) in [5.74, 6) is -1.20. The fourth-order valence-corrected chi connectivity index (χ4v) is 1.81. The summed E-state index contributed by atoms with van der Waals surface area (Å²) in [5, 5.41) is 0. The Labute approximate surface area is 104 Å². The molecule has 0 N–H and O–H groups in total. The van der Waals surface area contributed by atoms with Crippen molar-refractivity contribution in [2.45, 2.75) is 13.3 Å². The number of hydrogen-bond acceptors (Lipinski definition) is 1. The lowest BCUT2D eigenvalue weighted by molar-refractivity contribution is 0.101. The van der Waals surface area contributed by atoms with Gasteiger partial charge >= 0.3 is 0 Å². The molecule has 0 atom stereocenters. The fraction of sp³-hybridized carbons (Fsp3) is 0.133. The van der Waals surface area contributed by atoms with E-state index in [2.05, 4.69) is 0 Å². The molecule has 2 aromatic carbocycles. The summed E-state index contributed by atoms with van der Waals surface area (Å²) < 4.78 is 27.0. The van der Waals surface area contributed by atoms with Gasteiger partial charge in [0.05, 0.1) is 0 Å². The highest BCUT2D eigenvalue weighted by molar-refractivity contribution is 5.94. The molecule has 0 aliphatic rings. The van der Waals surface area contributed by atoms with Crippen LogP contribution < -0.4 is 0 Å². The number of rotatable bonds is 3. The molecule has 0 spiro atoms. The lowest BCUT2D eigenvalue weighted by Crippen LogP contribution is -1.99. The summed E-state index contributed by atoms with van der Waals surface area (Å²) in [6.45, 7) is 1.46. The molecule has 0 saturated carbocycles. The second-order valence-corrected chi connectivity index (χ2v) is 4.13. The van der Waals surface area contributed by atoms with E-state index in [0.717, 1.165) is 0 Å². The summed E-state index contributed by atoms with van der Waals surface area (Å²) in [6.07, 6.45) is 0.139. The minimum Gasteiger partial charge on any atom is -0.295 e. The Morgan fingerprint density at radius 1 is 1.06 bits per heavy atom. The van der Waals surface area contributed by atoms with Crippen LogP contribution in [0.1, 0.15) is 28.4 Å². The standard InChI is InChI=1S/C15H12F2O/c1-10(18)12-5-2-4-11(8-12)9-13-14(16)6-3-7-15(13)17/h2-8H,9H2,1H3. The summed E-state index contributed by atoms with van der Waals surface area (Å²) in [5.41, 5.74) is 1.29. The minimum absolute atomic E-state index is 0.0261. The van der Waals surface area contributed by atoms with Gasteiger partial charge in [0.2, 0.25) is 0 Å². The topological polar surface area (TPSA) is 17.1 Å². The van der Waals surface area contributed by atoms with Gasteiger partial charge in [0.15, 0.2) is 5.78 Å². The first-order valence-corrected chi connectivity index (χ1v) is 5.60. The van der Waals surface area contributed by atoms with E-state index in [9.17, 15) is 13.6 Å². The van der Waals surface area contributed by atoms with Gasteiger partial charge in [-0.05, 0) is 30.7 Å². The number of ketones is 1. The Kier molecular flexibility index (Phi) is 3.51. The SMILES string of the molecule is CC(=O)c1cccc(Cc2c(F)cccc2F)c1. The van der Waals surface area contributed by atoms with E-state index in [1.807, 2.05) is 0 Å². The molecule has 18 heavy (non-hydrogen) atoms. The molecule has 0 aliphatic carbocycles. The first kappa shape index (κ1) is 12.4. The summed E-state index contributed by atoms with van der Waals surface area (Å²) in [7, 11) is 0. The van der Waals surface area contributed by atoms with Crippen LogP contribution >= 0.6 is 0 Å². The van der Waals surface area contributed by atoms with E-state index in [1.165, 1.54) is 25.1 Å². The molecule has 0 saturated heterocycles. The molecule has 2 aromatic rings. The smallest absolute Gasteiger partial charge is 0.159 e. The van der Waals surface area contributed by atoms with Gasteiger partial charge in [0, 0.05) is 17.5 Å². The van der Waals surface area contributed by atoms with Crippen LogP contribution in [0.5, 0.6) is 0 Å². The fourth-order valence-electron chi connectivity index (χ4n) is 1.81. The van der Waals surface area contributed by atoms with E-state index in [4.69, 9.17) is 0 Å². The van der Waals surface area contributed by atoms with Crippen molar-refractivity contribution >= 4 is 5.78 Å². The molecular weight excluding hydrogens is 234 g/mol. The Morgan fingerprint density at radius 2 is 1.67 bits per heavy atom. The zero-order chi connectivity index (χ0) is 13.1. The maximum Gasteiger partial charge on any atom is 0.159 e. The van der Waals surface area contributed by atoms with Crippen molar-refractivity contribution in [2.24, 2.45) is 0 Å². The monoisotopic (exact) mass is 246 g/mol. The van der Waals surface area contributed by atoms with Gasteiger partial charge in [-0.1, -0.05) is 24.3 Å². The molecule has 0 radical (unpaired) electrons. The first-order chi connectivity index (χ1) is 8.58. The Morgan fingerprint density at radius 3 is 2.28 bits per heavy atom. The summed E-state index contributed by atoms with van der Waals surface area (Å²) in [6, 6.07) is 10.6. The van der Waals surface area contributed by atoms with Crippen LogP contribution in [0.2, 0.25) is 0 Å².